The molecule has 4 aromatic rings. The summed E-state index contributed by atoms with van der Waals surface area (Å²) < 4.78 is 11.5. The van der Waals surface area contributed by atoms with Crippen LogP contribution in [0.25, 0.3) is 21.5 Å². The Bertz CT molecular complexity index is 1270. The van der Waals surface area contributed by atoms with E-state index in [1.54, 1.807) is 18.7 Å². The molecule has 0 amide bonds. The molecule has 0 fully saturated rings. The quantitative estimate of drug-likeness (QED) is 0.205. The monoisotopic (exact) mass is 444 g/mol. The summed E-state index contributed by atoms with van der Waals surface area (Å²) in [6.07, 6.45) is -0.782. The molecule has 4 nitrogen and oxygen atoms in total. The first-order chi connectivity index (χ1) is 15.5. The lowest BCUT2D eigenvalue weighted by molar-refractivity contribution is -0.147. The fourth-order valence-electron chi connectivity index (χ4n) is 3.40. The van der Waals surface area contributed by atoms with E-state index in [1.807, 2.05) is 42.5 Å². The summed E-state index contributed by atoms with van der Waals surface area (Å²) in [6, 6.07) is 26.6. The van der Waals surface area contributed by atoms with Gasteiger partial charge in [-0.05, 0) is 48.0 Å². The number of benzene rings is 4. The fraction of sp³-hybridized carbons (Fsp3) is 0.148. The molecule has 0 spiro atoms. The van der Waals surface area contributed by atoms with Gasteiger partial charge in [-0.3, -0.25) is 0 Å². The lowest BCUT2D eigenvalue weighted by Crippen LogP contribution is -2.28. The molecular weight excluding hydrogens is 420 g/mol. The van der Waals surface area contributed by atoms with Crippen molar-refractivity contribution in [3.63, 3.8) is 0 Å². The first kappa shape index (κ1) is 21.9. The molecular formula is C27H24O4S. The second-order valence-corrected chi connectivity index (χ2v) is 8.67. The Morgan fingerprint density at radius 1 is 0.938 bits per heavy atom. The number of aliphatic hydroxyl groups excluding tert-OH is 1. The average molecular weight is 445 g/mol. The first-order valence-corrected chi connectivity index (χ1v) is 11.2. The highest BCUT2D eigenvalue weighted by Gasteiger charge is 2.17. The minimum Gasteiger partial charge on any atom is -0.488 e. The lowest BCUT2D eigenvalue weighted by atomic mass is 10.0. The Labute approximate surface area is 191 Å². The predicted molar refractivity (Wildman–Crippen MR) is 129 cm³/mol. The number of carbonyl (C=O) groups is 1. The van der Waals surface area contributed by atoms with Gasteiger partial charge in [-0.15, -0.1) is 0 Å². The van der Waals surface area contributed by atoms with E-state index in [0.717, 1.165) is 31.3 Å². The van der Waals surface area contributed by atoms with Crippen LogP contribution in [0, 0.1) is 0 Å². The van der Waals surface area contributed by atoms with Crippen LogP contribution in [0.1, 0.15) is 6.92 Å². The molecule has 0 aromatic heterocycles. The number of ether oxygens (including phenoxy) is 2. The summed E-state index contributed by atoms with van der Waals surface area (Å²) >= 11 is 1.68. The molecule has 1 unspecified atom stereocenters. The summed E-state index contributed by atoms with van der Waals surface area (Å²) in [5.41, 5.74) is 0.279. The highest BCUT2D eigenvalue weighted by atomic mass is 32.2. The zero-order valence-corrected chi connectivity index (χ0v) is 18.6. The highest BCUT2D eigenvalue weighted by molar-refractivity contribution is 7.99. The second-order valence-electron chi connectivity index (χ2n) is 7.53. The van der Waals surface area contributed by atoms with Crippen LogP contribution in [-0.4, -0.2) is 30.4 Å². The van der Waals surface area contributed by atoms with Crippen molar-refractivity contribution >= 4 is 39.3 Å². The van der Waals surface area contributed by atoms with E-state index in [4.69, 9.17) is 9.47 Å². The van der Waals surface area contributed by atoms with Crippen molar-refractivity contribution in [1.82, 2.24) is 0 Å². The van der Waals surface area contributed by atoms with E-state index < -0.39 is 12.1 Å². The molecule has 0 saturated heterocycles. The molecule has 0 aliphatic heterocycles. The summed E-state index contributed by atoms with van der Waals surface area (Å²) in [5.74, 6) is 0.162. The Hall–Kier alpha value is -3.28. The van der Waals surface area contributed by atoms with Gasteiger partial charge >= 0.3 is 5.97 Å². The smallest absolute Gasteiger partial charge is 0.333 e. The molecule has 162 valence electrons. The van der Waals surface area contributed by atoms with Gasteiger partial charge < -0.3 is 14.6 Å². The number of rotatable bonds is 8. The summed E-state index contributed by atoms with van der Waals surface area (Å²) in [7, 11) is 0. The van der Waals surface area contributed by atoms with Crippen LogP contribution in [-0.2, 0) is 9.53 Å². The van der Waals surface area contributed by atoms with Crippen LogP contribution in [0.2, 0.25) is 0 Å². The van der Waals surface area contributed by atoms with Crippen molar-refractivity contribution in [3.8, 4) is 5.75 Å². The minimum atomic E-state index is -0.782. The predicted octanol–water partition coefficient (Wildman–Crippen LogP) is 6.00. The molecule has 0 aliphatic carbocycles. The maximum Gasteiger partial charge on any atom is 0.333 e. The standard InChI is InChI=1S/C27H24O4S/c1-18(2)27(29)31-21(16-28)17-30-26-24-11-7-6-8-19(24)14-20-12-13-23(15-25(20)26)32-22-9-4-3-5-10-22/h3-15,21,28H,1,16-17H2,2H3. The van der Waals surface area contributed by atoms with E-state index in [1.165, 1.54) is 0 Å². The number of hydrogen-bond acceptors (Lipinski definition) is 5. The Morgan fingerprint density at radius 3 is 2.41 bits per heavy atom. The molecule has 5 heteroatoms. The molecule has 1 atom stereocenters. The van der Waals surface area contributed by atoms with E-state index in [2.05, 4.69) is 43.0 Å². The second kappa shape index (κ2) is 9.90. The van der Waals surface area contributed by atoms with Gasteiger partial charge in [0.05, 0.1) is 6.61 Å². The SMILES string of the molecule is C=C(C)C(=O)OC(CO)COc1c2ccccc2cc2ccc(Sc3ccccc3)cc12. The van der Waals surface area contributed by atoms with Crippen molar-refractivity contribution in [2.45, 2.75) is 22.8 Å². The molecule has 0 aliphatic rings. The van der Waals surface area contributed by atoms with Gasteiger partial charge in [-0.25, -0.2) is 4.79 Å². The highest BCUT2D eigenvalue weighted by Crippen LogP contribution is 2.38. The number of carbonyl (C=O) groups excluding carboxylic acids is 1. The van der Waals surface area contributed by atoms with Gasteiger partial charge in [0.25, 0.3) is 0 Å². The van der Waals surface area contributed by atoms with Crippen LogP contribution in [0.15, 0.2) is 101 Å². The van der Waals surface area contributed by atoms with Gasteiger partial charge in [0, 0.05) is 26.1 Å². The fourth-order valence-corrected chi connectivity index (χ4v) is 4.27. The Morgan fingerprint density at radius 2 is 1.66 bits per heavy atom. The van der Waals surface area contributed by atoms with E-state index >= 15 is 0 Å². The van der Waals surface area contributed by atoms with E-state index in [0.29, 0.717) is 5.75 Å². The third kappa shape index (κ3) is 4.96. The Kier molecular flexibility index (Phi) is 6.78. The van der Waals surface area contributed by atoms with Gasteiger partial charge in [0.2, 0.25) is 0 Å². The van der Waals surface area contributed by atoms with Crippen molar-refractivity contribution in [2.24, 2.45) is 0 Å². The maximum absolute atomic E-state index is 11.9. The molecule has 32 heavy (non-hydrogen) atoms. The van der Waals surface area contributed by atoms with Crippen LogP contribution in [0.5, 0.6) is 5.75 Å². The number of hydrogen-bond donors (Lipinski definition) is 1. The van der Waals surface area contributed by atoms with Crippen LogP contribution < -0.4 is 4.74 Å². The van der Waals surface area contributed by atoms with Crippen molar-refractivity contribution in [1.29, 1.82) is 0 Å². The normalized spacial score (nSPS) is 11.9. The van der Waals surface area contributed by atoms with Crippen LogP contribution in [0.3, 0.4) is 0 Å². The van der Waals surface area contributed by atoms with E-state index in [-0.39, 0.29) is 18.8 Å². The summed E-state index contributed by atoms with van der Waals surface area (Å²) in [6.45, 7) is 4.86. The third-order valence-corrected chi connectivity index (χ3v) is 6.00. The molecule has 1 N–H and O–H groups in total. The van der Waals surface area contributed by atoms with Gasteiger partial charge in [-0.1, -0.05) is 66.9 Å². The van der Waals surface area contributed by atoms with Gasteiger partial charge in [-0.2, -0.15) is 0 Å². The van der Waals surface area contributed by atoms with E-state index in [9.17, 15) is 9.90 Å². The summed E-state index contributed by atoms with van der Waals surface area (Å²) in [5, 5.41) is 13.7. The molecule has 0 radical (unpaired) electrons. The minimum absolute atomic E-state index is 0.0364. The molecule has 0 heterocycles. The molecule has 0 saturated carbocycles. The largest absolute Gasteiger partial charge is 0.488 e. The first-order valence-electron chi connectivity index (χ1n) is 10.3. The van der Waals surface area contributed by atoms with Crippen molar-refractivity contribution < 1.29 is 19.4 Å². The molecule has 4 aromatic carbocycles. The lowest BCUT2D eigenvalue weighted by Gasteiger charge is -2.19. The van der Waals surface area contributed by atoms with Gasteiger partial charge in [0.1, 0.15) is 12.4 Å². The maximum atomic E-state index is 11.9. The zero-order valence-electron chi connectivity index (χ0n) is 17.8. The van der Waals surface area contributed by atoms with Gasteiger partial charge in [0.15, 0.2) is 6.10 Å². The van der Waals surface area contributed by atoms with Crippen molar-refractivity contribution in [2.75, 3.05) is 13.2 Å². The number of aliphatic hydroxyl groups is 1. The van der Waals surface area contributed by atoms with Crippen LogP contribution >= 0.6 is 11.8 Å². The zero-order chi connectivity index (χ0) is 22.5. The number of esters is 1. The van der Waals surface area contributed by atoms with Crippen LogP contribution in [0.4, 0.5) is 0 Å². The Balaban J connectivity index is 1.71. The summed E-state index contributed by atoms with van der Waals surface area (Å²) in [4.78, 5) is 14.1. The topological polar surface area (TPSA) is 55.8 Å². The average Bonchev–Trinajstić information content (AvgIpc) is 2.81. The van der Waals surface area contributed by atoms with Crippen molar-refractivity contribution in [3.05, 3.63) is 91.0 Å². The number of fused-ring (bicyclic) bond motifs is 2. The third-order valence-electron chi connectivity index (χ3n) is 5.00. The molecule has 4 rings (SSSR count). The molecule has 0 bridgehead atoms.